The summed E-state index contributed by atoms with van der Waals surface area (Å²) < 4.78 is 2.08. The molecule has 1 amide bonds. The number of nitrogens with zero attached hydrogens (tertiary/aromatic N) is 4. The molecule has 0 radical (unpaired) electrons. The minimum Gasteiger partial charge on any atom is -0.379 e. The molecule has 1 aromatic heterocycles. The predicted molar refractivity (Wildman–Crippen MR) is 114 cm³/mol. The van der Waals surface area contributed by atoms with E-state index in [-0.39, 0.29) is 5.91 Å². The number of rotatable bonds is 8. The molecule has 1 saturated heterocycles. The van der Waals surface area contributed by atoms with Gasteiger partial charge in [-0.25, -0.2) is 4.98 Å². The molecular weight excluding hydrogens is 364 g/mol. The van der Waals surface area contributed by atoms with Crippen LogP contribution >= 0.6 is 0 Å². The zero-order chi connectivity index (χ0) is 21.0. The molecule has 1 aliphatic heterocycles. The van der Waals surface area contributed by atoms with Gasteiger partial charge in [0.2, 0.25) is 0 Å². The third-order valence-electron chi connectivity index (χ3n) is 5.81. The van der Waals surface area contributed by atoms with E-state index < -0.39 is 5.60 Å². The monoisotopic (exact) mass is 398 g/mol. The van der Waals surface area contributed by atoms with Gasteiger partial charge in [-0.3, -0.25) is 9.69 Å². The maximum Gasteiger partial charge on any atom is 0.256 e. The van der Waals surface area contributed by atoms with Crippen LogP contribution in [-0.2, 0) is 24.4 Å². The number of carbonyl (C=O) groups is 1. The van der Waals surface area contributed by atoms with Gasteiger partial charge < -0.3 is 14.6 Å². The highest BCUT2D eigenvalue weighted by molar-refractivity contribution is 5.86. The van der Waals surface area contributed by atoms with Gasteiger partial charge in [0.15, 0.2) is 5.60 Å². The number of benzene rings is 1. The highest BCUT2D eigenvalue weighted by atomic mass is 16.3. The molecule has 1 aromatic carbocycles. The van der Waals surface area contributed by atoms with Crippen LogP contribution in [0.25, 0.3) is 0 Å². The summed E-state index contributed by atoms with van der Waals surface area (Å²) in [7, 11) is 1.93. The van der Waals surface area contributed by atoms with E-state index >= 15 is 0 Å². The van der Waals surface area contributed by atoms with Crippen molar-refractivity contribution in [1.82, 2.24) is 19.4 Å². The molecule has 2 heterocycles. The Morgan fingerprint density at radius 2 is 2.00 bits per heavy atom. The molecule has 29 heavy (non-hydrogen) atoms. The zero-order valence-corrected chi connectivity index (χ0v) is 18.1. The van der Waals surface area contributed by atoms with Crippen LogP contribution in [0, 0.1) is 0 Å². The van der Waals surface area contributed by atoms with Crippen LogP contribution in [0.4, 0.5) is 0 Å². The van der Waals surface area contributed by atoms with Crippen LogP contribution in [0.1, 0.15) is 56.5 Å². The number of aliphatic hydroxyl groups is 1. The molecule has 0 aliphatic carbocycles. The van der Waals surface area contributed by atoms with E-state index in [0.29, 0.717) is 38.5 Å². The lowest BCUT2D eigenvalue weighted by Crippen LogP contribution is -2.57. The summed E-state index contributed by atoms with van der Waals surface area (Å²) in [5.41, 5.74) is 1.06. The van der Waals surface area contributed by atoms with E-state index in [1.807, 2.05) is 18.1 Å². The quantitative estimate of drug-likeness (QED) is 0.743. The lowest BCUT2D eigenvalue weighted by atomic mass is 9.90. The topological polar surface area (TPSA) is 61.6 Å². The predicted octanol–water partition coefficient (Wildman–Crippen LogP) is 3.01. The van der Waals surface area contributed by atoms with E-state index in [1.165, 1.54) is 5.56 Å². The molecule has 0 saturated carbocycles. The average Bonchev–Trinajstić information content (AvgIpc) is 3.13. The molecule has 158 valence electrons. The van der Waals surface area contributed by atoms with Crippen molar-refractivity contribution in [2.24, 2.45) is 0 Å². The molecule has 2 aromatic rings. The SMILES string of the molecule is CCn1ccnc1CN(C)C[C@@]1(O)CCCN(Cc2ccc(C(C)C)cc2)C1=O. The van der Waals surface area contributed by atoms with Crippen molar-refractivity contribution in [1.29, 1.82) is 0 Å². The molecule has 0 spiro atoms. The van der Waals surface area contributed by atoms with E-state index in [9.17, 15) is 9.90 Å². The maximum atomic E-state index is 13.1. The number of likely N-dealkylation sites (tertiary alicyclic amines) is 1. The fourth-order valence-electron chi connectivity index (χ4n) is 4.11. The first-order chi connectivity index (χ1) is 13.8. The van der Waals surface area contributed by atoms with E-state index in [0.717, 1.165) is 24.4 Å². The van der Waals surface area contributed by atoms with Gasteiger partial charge in [0.25, 0.3) is 5.91 Å². The molecule has 6 heteroatoms. The van der Waals surface area contributed by atoms with Gasteiger partial charge in [-0.1, -0.05) is 38.1 Å². The Bertz CT molecular complexity index is 815. The van der Waals surface area contributed by atoms with Crippen molar-refractivity contribution in [3.8, 4) is 0 Å². The van der Waals surface area contributed by atoms with Crippen molar-refractivity contribution in [3.05, 3.63) is 53.6 Å². The largest absolute Gasteiger partial charge is 0.379 e. The van der Waals surface area contributed by atoms with Gasteiger partial charge in [-0.15, -0.1) is 0 Å². The number of likely N-dealkylation sites (N-methyl/N-ethyl adjacent to an activating group) is 1. The maximum absolute atomic E-state index is 13.1. The minimum absolute atomic E-state index is 0.164. The summed E-state index contributed by atoms with van der Waals surface area (Å²) in [6, 6.07) is 8.44. The van der Waals surface area contributed by atoms with Crippen molar-refractivity contribution >= 4 is 5.91 Å². The smallest absolute Gasteiger partial charge is 0.256 e. The molecule has 1 N–H and O–H groups in total. The zero-order valence-electron chi connectivity index (χ0n) is 18.1. The summed E-state index contributed by atoms with van der Waals surface area (Å²) in [6.45, 7) is 9.43. The highest BCUT2D eigenvalue weighted by Crippen LogP contribution is 2.26. The normalized spacial score (nSPS) is 20.1. The first-order valence-corrected chi connectivity index (χ1v) is 10.6. The number of amides is 1. The van der Waals surface area contributed by atoms with Gasteiger partial charge in [0.05, 0.1) is 6.54 Å². The van der Waals surface area contributed by atoms with Crippen LogP contribution in [0.3, 0.4) is 0 Å². The first kappa shape index (κ1) is 21.5. The van der Waals surface area contributed by atoms with E-state index in [2.05, 4.69) is 54.6 Å². The van der Waals surface area contributed by atoms with Crippen LogP contribution in [0.15, 0.2) is 36.7 Å². The molecular formula is C23H34N4O2. The van der Waals surface area contributed by atoms with Crippen molar-refractivity contribution in [2.75, 3.05) is 20.1 Å². The Hall–Kier alpha value is -2.18. The van der Waals surface area contributed by atoms with Crippen molar-refractivity contribution in [3.63, 3.8) is 0 Å². The number of piperidine rings is 1. The van der Waals surface area contributed by atoms with Gasteiger partial charge in [-0.2, -0.15) is 0 Å². The Labute approximate surface area is 174 Å². The Morgan fingerprint density at radius 1 is 1.28 bits per heavy atom. The van der Waals surface area contributed by atoms with Crippen molar-refractivity contribution < 1.29 is 9.90 Å². The van der Waals surface area contributed by atoms with Crippen LogP contribution < -0.4 is 0 Å². The standard InChI is InChI=1S/C23H34N4O2/c1-5-26-14-12-24-21(26)16-25(4)17-23(29)11-6-13-27(22(23)28)15-19-7-9-20(10-8-19)18(2)3/h7-10,12,14,18,29H,5-6,11,13,15-17H2,1-4H3/t23-/m0/s1. The third kappa shape index (κ3) is 5.06. The summed E-state index contributed by atoms with van der Waals surface area (Å²) in [4.78, 5) is 21.3. The van der Waals surface area contributed by atoms with Gasteiger partial charge in [0.1, 0.15) is 5.82 Å². The van der Waals surface area contributed by atoms with Crippen LogP contribution in [-0.4, -0.2) is 56.1 Å². The number of aromatic nitrogens is 2. The molecule has 0 bridgehead atoms. The number of hydrogen-bond acceptors (Lipinski definition) is 4. The van der Waals surface area contributed by atoms with Crippen molar-refractivity contribution in [2.45, 2.75) is 64.8 Å². The number of hydrogen-bond donors (Lipinski definition) is 1. The number of carbonyl (C=O) groups excluding carboxylic acids is 1. The molecule has 0 unspecified atom stereocenters. The molecule has 6 nitrogen and oxygen atoms in total. The lowest BCUT2D eigenvalue weighted by Gasteiger charge is -2.40. The molecule has 1 aliphatic rings. The van der Waals surface area contributed by atoms with E-state index in [4.69, 9.17) is 0 Å². The second-order valence-corrected chi connectivity index (χ2v) is 8.56. The second-order valence-electron chi connectivity index (χ2n) is 8.56. The summed E-state index contributed by atoms with van der Waals surface area (Å²) in [5, 5.41) is 11.2. The van der Waals surface area contributed by atoms with Crippen LogP contribution in [0.2, 0.25) is 0 Å². The van der Waals surface area contributed by atoms with Gasteiger partial charge >= 0.3 is 0 Å². The van der Waals surface area contributed by atoms with Gasteiger partial charge in [0, 0.05) is 38.6 Å². The number of aryl methyl sites for hydroxylation is 1. The van der Waals surface area contributed by atoms with E-state index in [1.54, 1.807) is 11.1 Å². The lowest BCUT2D eigenvalue weighted by molar-refractivity contribution is -0.160. The average molecular weight is 399 g/mol. The molecule has 1 fully saturated rings. The molecule has 3 rings (SSSR count). The Balaban J connectivity index is 1.64. The first-order valence-electron chi connectivity index (χ1n) is 10.6. The minimum atomic E-state index is -1.34. The Kier molecular flexibility index (Phi) is 6.75. The molecule has 1 atom stereocenters. The fraction of sp³-hybridized carbons (Fsp3) is 0.565. The van der Waals surface area contributed by atoms with Crippen LogP contribution in [0.5, 0.6) is 0 Å². The fourth-order valence-corrected chi connectivity index (χ4v) is 4.11. The summed E-state index contributed by atoms with van der Waals surface area (Å²) >= 11 is 0. The highest BCUT2D eigenvalue weighted by Gasteiger charge is 2.42. The number of imidazole rings is 1. The second kappa shape index (κ2) is 9.09. The summed E-state index contributed by atoms with van der Waals surface area (Å²) in [5.74, 6) is 1.27. The Morgan fingerprint density at radius 3 is 2.66 bits per heavy atom. The van der Waals surface area contributed by atoms with Gasteiger partial charge in [-0.05, 0) is 43.9 Å². The third-order valence-corrected chi connectivity index (χ3v) is 5.81. The summed E-state index contributed by atoms with van der Waals surface area (Å²) in [6.07, 6.45) is 5.06.